The Labute approximate surface area is 163 Å². The Bertz CT molecular complexity index is 806. The minimum absolute atomic E-state index is 0.0172. The number of β-amino-alcohol motifs (C(OH)–C–C–N with tert-alkyl or cyclic N) is 1. The van der Waals surface area contributed by atoms with Gasteiger partial charge in [0.2, 0.25) is 5.88 Å². The molecule has 3 heterocycles. The number of amides is 1. The zero-order chi connectivity index (χ0) is 21.0. The summed E-state index contributed by atoms with van der Waals surface area (Å²) in [5.41, 5.74) is -2.78. The molecule has 1 N–H and O–H groups in total. The smallest absolute Gasteiger partial charge is 0.419 e. The van der Waals surface area contributed by atoms with Crippen molar-refractivity contribution in [3.05, 3.63) is 17.8 Å². The van der Waals surface area contributed by atoms with Crippen LogP contribution in [-0.2, 0) is 0 Å². The van der Waals surface area contributed by atoms with Crippen LogP contribution in [0, 0.1) is 5.92 Å². The predicted octanol–water partition coefficient (Wildman–Crippen LogP) is 2.47. The quantitative estimate of drug-likeness (QED) is 0.740. The maximum absolute atomic E-state index is 13.2. The fourth-order valence-electron chi connectivity index (χ4n) is 3.42. The van der Waals surface area contributed by atoms with Gasteiger partial charge in [0.25, 0.3) is 11.8 Å². The number of nitrogens with zero attached hydrogens (tertiary/aromatic N) is 3. The van der Waals surface area contributed by atoms with E-state index in [1.807, 2.05) is 0 Å². The molecule has 2 aliphatic heterocycles. The van der Waals surface area contributed by atoms with Crippen LogP contribution in [0.15, 0.2) is 12.1 Å². The van der Waals surface area contributed by atoms with E-state index in [1.165, 1.54) is 17.0 Å². The van der Waals surface area contributed by atoms with E-state index < -0.39 is 49.7 Å². The number of anilines is 1. The second kappa shape index (κ2) is 6.68. The average molecular weight is 421 g/mol. The molecule has 3 fully saturated rings. The summed E-state index contributed by atoms with van der Waals surface area (Å²) in [7, 11) is 0. The molecule has 1 unspecified atom stereocenters. The van der Waals surface area contributed by atoms with E-state index in [4.69, 9.17) is 4.74 Å². The Balaban J connectivity index is 1.52. The molecule has 4 rings (SSSR count). The van der Waals surface area contributed by atoms with Gasteiger partial charge in [-0.25, -0.2) is 13.8 Å². The minimum atomic E-state index is -4.85. The first-order valence-corrected chi connectivity index (χ1v) is 9.32. The van der Waals surface area contributed by atoms with Crippen LogP contribution in [0.1, 0.15) is 29.8 Å². The molecule has 0 radical (unpaired) electrons. The highest BCUT2D eigenvalue weighted by Crippen LogP contribution is 2.40. The summed E-state index contributed by atoms with van der Waals surface area (Å²) in [6.45, 7) is -1.80. The van der Waals surface area contributed by atoms with Crippen molar-refractivity contribution in [2.75, 3.05) is 37.7 Å². The van der Waals surface area contributed by atoms with Gasteiger partial charge in [0.15, 0.2) is 5.60 Å². The monoisotopic (exact) mass is 421 g/mol. The molecule has 11 heteroatoms. The zero-order valence-corrected chi connectivity index (χ0v) is 15.4. The topological polar surface area (TPSA) is 65.9 Å². The molecule has 1 aromatic heterocycles. The lowest BCUT2D eigenvalue weighted by molar-refractivity contribution is -0.253. The number of hydrogen-bond acceptors (Lipinski definition) is 5. The highest BCUT2D eigenvalue weighted by molar-refractivity contribution is 5.93. The minimum Gasteiger partial charge on any atom is -0.476 e. The number of carbonyl (C=O) groups excluding carboxylic acids is 1. The molecule has 1 aromatic rings. The molecule has 1 aliphatic carbocycles. The van der Waals surface area contributed by atoms with E-state index >= 15 is 0 Å². The third-order valence-electron chi connectivity index (χ3n) is 5.46. The number of alkyl halides is 5. The largest absolute Gasteiger partial charge is 0.476 e. The number of rotatable bonds is 5. The van der Waals surface area contributed by atoms with Crippen LogP contribution in [0.25, 0.3) is 0 Å². The molecule has 0 spiro atoms. The molecule has 3 aliphatic rings. The number of hydrogen-bond donors (Lipinski definition) is 1. The fraction of sp³-hybridized carbons (Fsp3) is 0.667. The van der Waals surface area contributed by atoms with Crippen LogP contribution in [0.4, 0.5) is 27.6 Å². The third-order valence-corrected chi connectivity index (χ3v) is 5.46. The van der Waals surface area contributed by atoms with Crippen LogP contribution in [0.2, 0.25) is 0 Å². The lowest BCUT2D eigenvalue weighted by Gasteiger charge is -2.40. The maximum atomic E-state index is 13.2. The summed E-state index contributed by atoms with van der Waals surface area (Å²) in [6, 6.07) is 2.70. The zero-order valence-electron chi connectivity index (χ0n) is 15.4. The summed E-state index contributed by atoms with van der Waals surface area (Å²) in [4.78, 5) is 19.0. The van der Waals surface area contributed by atoms with Crippen molar-refractivity contribution in [3.63, 3.8) is 0 Å². The lowest BCUT2D eigenvalue weighted by Crippen LogP contribution is -2.56. The second-order valence-corrected chi connectivity index (χ2v) is 7.99. The van der Waals surface area contributed by atoms with Crippen LogP contribution < -0.4 is 9.64 Å². The van der Waals surface area contributed by atoms with Gasteiger partial charge in [-0.1, -0.05) is 0 Å². The molecule has 29 heavy (non-hydrogen) atoms. The average Bonchev–Trinajstić information content (AvgIpc) is 3.36. The van der Waals surface area contributed by atoms with Crippen LogP contribution in [0.5, 0.6) is 5.88 Å². The van der Waals surface area contributed by atoms with E-state index in [1.54, 1.807) is 0 Å². The first-order valence-electron chi connectivity index (χ1n) is 9.32. The van der Waals surface area contributed by atoms with Crippen LogP contribution in [-0.4, -0.2) is 71.4 Å². The summed E-state index contributed by atoms with van der Waals surface area (Å²) in [6.07, 6.45) is -3.49. The van der Waals surface area contributed by atoms with Gasteiger partial charge in [-0.15, -0.1) is 0 Å². The van der Waals surface area contributed by atoms with Crippen molar-refractivity contribution < 1.29 is 36.6 Å². The molecule has 1 saturated carbocycles. The van der Waals surface area contributed by atoms with Gasteiger partial charge in [-0.05, 0) is 30.9 Å². The first kappa shape index (κ1) is 20.1. The summed E-state index contributed by atoms with van der Waals surface area (Å²) in [5.74, 6) is -3.22. The van der Waals surface area contributed by atoms with Gasteiger partial charge < -0.3 is 19.6 Å². The van der Waals surface area contributed by atoms with E-state index in [9.17, 15) is 31.9 Å². The van der Waals surface area contributed by atoms with Gasteiger partial charge in [0.1, 0.15) is 11.4 Å². The standard InChI is InChI=1S/C18H20F5N3O3/c19-17(20)9-26(10-17)13-4-3-12(24-14(13)29-7-11-1-2-11)15(27)25-6-5-16(28,8-25)18(21,22)23/h3-4,11,28H,1-2,5-10H2. The second-order valence-electron chi connectivity index (χ2n) is 7.99. The molecule has 6 nitrogen and oxygen atoms in total. The Morgan fingerprint density at radius 2 is 1.93 bits per heavy atom. The Morgan fingerprint density at radius 1 is 1.24 bits per heavy atom. The number of carbonyl (C=O) groups is 1. The normalized spacial score (nSPS) is 26.4. The van der Waals surface area contributed by atoms with E-state index in [-0.39, 0.29) is 18.1 Å². The van der Waals surface area contributed by atoms with Gasteiger partial charge >= 0.3 is 6.18 Å². The Morgan fingerprint density at radius 3 is 2.48 bits per heavy atom. The Hall–Kier alpha value is -2.17. The van der Waals surface area contributed by atoms with Crippen molar-refractivity contribution in [1.82, 2.24) is 9.88 Å². The van der Waals surface area contributed by atoms with Crippen molar-refractivity contribution in [1.29, 1.82) is 0 Å². The molecule has 0 bridgehead atoms. The van der Waals surface area contributed by atoms with Gasteiger partial charge in [0.05, 0.1) is 26.2 Å². The van der Waals surface area contributed by atoms with Crippen LogP contribution >= 0.6 is 0 Å². The number of ether oxygens (including phenoxy) is 1. The van der Waals surface area contributed by atoms with E-state index in [0.29, 0.717) is 18.2 Å². The molecule has 1 amide bonds. The first-order chi connectivity index (χ1) is 13.5. The van der Waals surface area contributed by atoms with Crippen molar-refractivity contribution in [3.8, 4) is 5.88 Å². The van der Waals surface area contributed by atoms with Crippen LogP contribution in [0.3, 0.4) is 0 Å². The molecule has 1 atom stereocenters. The summed E-state index contributed by atoms with van der Waals surface area (Å²) >= 11 is 0. The van der Waals surface area contributed by atoms with E-state index in [0.717, 1.165) is 17.7 Å². The van der Waals surface area contributed by atoms with E-state index in [2.05, 4.69) is 4.98 Å². The molecule has 2 saturated heterocycles. The van der Waals surface area contributed by atoms with Crippen molar-refractivity contribution in [2.45, 2.75) is 37.0 Å². The van der Waals surface area contributed by atoms with Crippen molar-refractivity contribution >= 4 is 11.6 Å². The lowest BCUT2D eigenvalue weighted by atomic mass is 10.0. The maximum Gasteiger partial charge on any atom is 0.419 e. The Kier molecular flexibility index (Phi) is 4.63. The summed E-state index contributed by atoms with van der Waals surface area (Å²) < 4.78 is 71.1. The fourth-order valence-corrected chi connectivity index (χ4v) is 3.42. The van der Waals surface area contributed by atoms with Gasteiger partial charge in [0, 0.05) is 13.0 Å². The third kappa shape index (κ3) is 3.96. The molecular formula is C18H20F5N3O3. The predicted molar refractivity (Wildman–Crippen MR) is 91.1 cm³/mol. The number of aromatic nitrogens is 1. The highest BCUT2D eigenvalue weighted by Gasteiger charge is 2.58. The highest BCUT2D eigenvalue weighted by atomic mass is 19.4. The number of pyridine rings is 1. The van der Waals surface area contributed by atoms with Gasteiger partial charge in [-0.3, -0.25) is 4.79 Å². The number of aliphatic hydroxyl groups is 1. The molecule has 160 valence electrons. The number of likely N-dealkylation sites (tertiary alicyclic amines) is 1. The number of halogens is 5. The SMILES string of the molecule is O=C(c1ccc(N2CC(F)(F)C2)c(OCC2CC2)n1)N1CCC(O)(C(F)(F)F)C1. The van der Waals surface area contributed by atoms with Gasteiger partial charge in [-0.2, -0.15) is 13.2 Å². The summed E-state index contributed by atoms with van der Waals surface area (Å²) in [5, 5.41) is 9.76. The molecule has 0 aromatic carbocycles. The van der Waals surface area contributed by atoms with Crippen molar-refractivity contribution in [2.24, 2.45) is 5.92 Å². The molecular weight excluding hydrogens is 401 g/mol.